The smallest absolute Gasteiger partial charge is 0.265 e. The summed E-state index contributed by atoms with van der Waals surface area (Å²) in [5.74, 6) is 1.71. The molecule has 1 fully saturated rings. The molecule has 1 amide bonds. The SMILES string of the molecule is CCNC(=NCCCN1C(=O)COc2ccccc21)N1CCN(Cc2ccon2)CC1. The Kier molecular flexibility index (Phi) is 7.03. The number of carbonyl (C=O) groups excluding carboxylic acids is 1. The summed E-state index contributed by atoms with van der Waals surface area (Å²) in [6, 6.07) is 9.59. The van der Waals surface area contributed by atoms with Gasteiger partial charge in [0.1, 0.15) is 12.0 Å². The van der Waals surface area contributed by atoms with Gasteiger partial charge in [-0.15, -0.1) is 0 Å². The summed E-state index contributed by atoms with van der Waals surface area (Å²) < 4.78 is 10.4. The lowest BCUT2D eigenvalue weighted by Gasteiger charge is -2.36. The second-order valence-corrected chi connectivity index (χ2v) is 7.64. The van der Waals surface area contributed by atoms with E-state index >= 15 is 0 Å². The van der Waals surface area contributed by atoms with Crippen LogP contribution in [0.4, 0.5) is 5.69 Å². The number of hydrogen-bond acceptors (Lipinski definition) is 6. The maximum Gasteiger partial charge on any atom is 0.265 e. The molecule has 0 atom stereocenters. The number of fused-ring (bicyclic) bond motifs is 1. The highest BCUT2D eigenvalue weighted by Crippen LogP contribution is 2.31. The first-order chi connectivity index (χ1) is 15.2. The van der Waals surface area contributed by atoms with Crippen LogP contribution in [0, 0.1) is 0 Å². The molecule has 31 heavy (non-hydrogen) atoms. The highest BCUT2D eigenvalue weighted by atomic mass is 16.5. The summed E-state index contributed by atoms with van der Waals surface area (Å²) in [4.78, 5) is 23.6. The van der Waals surface area contributed by atoms with Gasteiger partial charge >= 0.3 is 0 Å². The number of para-hydroxylation sites is 2. The van der Waals surface area contributed by atoms with E-state index in [1.807, 2.05) is 35.2 Å². The van der Waals surface area contributed by atoms with Gasteiger partial charge in [0.2, 0.25) is 0 Å². The van der Waals surface area contributed by atoms with Gasteiger partial charge in [0.15, 0.2) is 12.6 Å². The van der Waals surface area contributed by atoms with Crippen LogP contribution in [0.25, 0.3) is 0 Å². The number of anilines is 1. The molecule has 0 aliphatic carbocycles. The van der Waals surface area contributed by atoms with Gasteiger partial charge in [-0.2, -0.15) is 0 Å². The van der Waals surface area contributed by atoms with E-state index in [1.165, 1.54) is 0 Å². The number of rotatable bonds is 7. The molecule has 1 N–H and O–H groups in total. The van der Waals surface area contributed by atoms with E-state index in [9.17, 15) is 4.79 Å². The van der Waals surface area contributed by atoms with Gasteiger partial charge in [0, 0.05) is 58.4 Å². The highest BCUT2D eigenvalue weighted by Gasteiger charge is 2.24. The molecule has 0 unspecified atom stereocenters. The van der Waals surface area contributed by atoms with Crippen molar-refractivity contribution in [1.29, 1.82) is 0 Å². The van der Waals surface area contributed by atoms with Gasteiger partial charge in [-0.3, -0.25) is 14.7 Å². The van der Waals surface area contributed by atoms with Crippen molar-refractivity contribution in [3.8, 4) is 5.75 Å². The van der Waals surface area contributed by atoms with E-state index < -0.39 is 0 Å². The van der Waals surface area contributed by atoms with E-state index in [1.54, 1.807) is 6.26 Å². The summed E-state index contributed by atoms with van der Waals surface area (Å²) in [5, 5.41) is 7.40. The molecule has 9 nitrogen and oxygen atoms in total. The maximum absolute atomic E-state index is 12.3. The van der Waals surface area contributed by atoms with Crippen molar-refractivity contribution in [2.75, 3.05) is 57.3 Å². The Morgan fingerprint density at radius 1 is 1.19 bits per heavy atom. The molecular formula is C22H30N6O3. The minimum absolute atomic E-state index is 0.00202. The number of nitrogens with one attached hydrogen (secondary N) is 1. The number of nitrogens with zero attached hydrogens (tertiary/aromatic N) is 5. The molecule has 4 rings (SSSR count). The lowest BCUT2D eigenvalue weighted by atomic mass is 10.2. The van der Waals surface area contributed by atoms with Crippen LogP contribution < -0.4 is 15.0 Å². The van der Waals surface area contributed by atoms with Crippen LogP contribution >= 0.6 is 0 Å². The van der Waals surface area contributed by atoms with Gasteiger partial charge in [-0.25, -0.2) is 0 Å². The predicted octanol–water partition coefficient (Wildman–Crippen LogP) is 1.57. The Balaban J connectivity index is 1.28. The van der Waals surface area contributed by atoms with E-state index in [-0.39, 0.29) is 12.5 Å². The van der Waals surface area contributed by atoms with Crippen LogP contribution in [-0.4, -0.2) is 79.2 Å². The summed E-state index contributed by atoms with van der Waals surface area (Å²) in [5.41, 5.74) is 1.81. The molecule has 0 bridgehead atoms. The number of carbonyl (C=O) groups is 1. The Hall–Kier alpha value is -3.07. The number of piperazine rings is 1. The number of guanidine groups is 1. The molecule has 0 spiro atoms. The zero-order valence-electron chi connectivity index (χ0n) is 18.0. The lowest BCUT2D eigenvalue weighted by Crippen LogP contribution is -2.52. The van der Waals surface area contributed by atoms with E-state index in [4.69, 9.17) is 14.3 Å². The average molecular weight is 427 g/mol. The number of ether oxygens (including phenoxy) is 1. The molecule has 0 radical (unpaired) electrons. The van der Waals surface area contributed by atoms with E-state index in [0.29, 0.717) is 13.1 Å². The molecule has 2 aromatic rings. The van der Waals surface area contributed by atoms with Crippen molar-refractivity contribution in [2.45, 2.75) is 19.9 Å². The zero-order valence-corrected chi connectivity index (χ0v) is 18.0. The normalized spacial score (nSPS) is 17.5. The van der Waals surface area contributed by atoms with Crippen LogP contribution in [0.5, 0.6) is 5.75 Å². The summed E-state index contributed by atoms with van der Waals surface area (Å²) >= 11 is 0. The second-order valence-electron chi connectivity index (χ2n) is 7.64. The standard InChI is InChI=1S/C22H30N6O3/c1-2-23-22(27-13-11-26(12-14-27)16-18-8-15-31-25-18)24-9-5-10-28-19-6-3-4-7-20(19)30-17-21(28)29/h3-4,6-8,15H,2,5,9-14,16-17H2,1H3,(H,23,24). The van der Waals surface area contributed by atoms with E-state index in [0.717, 1.165) is 68.8 Å². The average Bonchev–Trinajstić information content (AvgIpc) is 3.31. The fourth-order valence-electron chi connectivity index (χ4n) is 3.90. The predicted molar refractivity (Wildman–Crippen MR) is 118 cm³/mol. The monoisotopic (exact) mass is 426 g/mol. The van der Waals surface area contributed by atoms with Crippen molar-refractivity contribution < 1.29 is 14.1 Å². The molecule has 9 heteroatoms. The third-order valence-electron chi connectivity index (χ3n) is 5.49. The lowest BCUT2D eigenvalue weighted by molar-refractivity contribution is -0.121. The minimum atomic E-state index is -0.00202. The second kappa shape index (κ2) is 10.3. The Morgan fingerprint density at radius 2 is 2.03 bits per heavy atom. The molecule has 2 aliphatic heterocycles. The first kappa shape index (κ1) is 21.2. The molecule has 166 valence electrons. The quantitative estimate of drug-likeness (QED) is 0.409. The van der Waals surface area contributed by atoms with Gasteiger partial charge in [0.25, 0.3) is 5.91 Å². The number of amides is 1. The van der Waals surface area contributed by atoms with Gasteiger partial charge in [0.05, 0.1) is 11.4 Å². The van der Waals surface area contributed by atoms with Gasteiger partial charge < -0.3 is 24.4 Å². The number of hydrogen-bond donors (Lipinski definition) is 1. The Labute approximate surface area is 182 Å². The molecule has 0 saturated carbocycles. The summed E-state index contributed by atoms with van der Waals surface area (Å²) in [6.45, 7) is 8.86. The van der Waals surface area contributed by atoms with Crippen molar-refractivity contribution in [3.05, 3.63) is 42.3 Å². The van der Waals surface area contributed by atoms with Crippen molar-refractivity contribution in [1.82, 2.24) is 20.3 Å². The summed E-state index contributed by atoms with van der Waals surface area (Å²) in [7, 11) is 0. The van der Waals surface area contributed by atoms with Gasteiger partial charge in [-0.1, -0.05) is 17.3 Å². The summed E-state index contributed by atoms with van der Waals surface area (Å²) in [6.07, 6.45) is 2.41. The molecule has 2 aliphatic rings. The highest BCUT2D eigenvalue weighted by molar-refractivity contribution is 5.97. The minimum Gasteiger partial charge on any atom is -0.482 e. The molecule has 1 aromatic heterocycles. The van der Waals surface area contributed by atoms with Crippen molar-refractivity contribution in [3.63, 3.8) is 0 Å². The maximum atomic E-state index is 12.3. The Morgan fingerprint density at radius 3 is 2.81 bits per heavy atom. The van der Waals surface area contributed by atoms with Crippen LogP contribution in [-0.2, 0) is 11.3 Å². The van der Waals surface area contributed by atoms with Crippen molar-refractivity contribution in [2.24, 2.45) is 4.99 Å². The topological polar surface area (TPSA) is 86.4 Å². The number of aromatic nitrogens is 1. The van der Waals surface area contributed by atoms with Crippen LogP contribution in [0.2, 0.25) is 0 Å². The third kappa shape index (κ3) is 5.35. The first-order valence-corrected chi connectivity index (χ1v) is 10.9. The zero-order chi connectivity index (χ0) is 21.5. The fourth-order valence-corrected chi connectivity index (χ4v) is 3.90. The van der Waals surface area contributed by atoms with E-state index in [2.05, 4.69) is 27.2 Å². The third-order valence-corrected chi connectivity index (χ3v) is 5.49. The van der Waals surface area contributed by atoms with Crippen LogP contribution in [0.1, 0.15) is 19.0 Å². The fraction of sp³-hybridized carbons (Fsp3) is 0.500. The Bertz CT molecular complexity index is 877. The van der Waals surface area contributed by atoms with Crippen molar-refractivity contribution >= 4 is 17.6 Å². The number of benzene rings is 1. The molecule has 1 saturated heterocycles. The molecule has 3 heterocycles. The van der Waals surface area contributed by atoms with Crippen LogP contribution in [0.15, 0.2) is 46.1 Å². The largest absolute Gasteiger partial charge is 0.482 e. The first-order valence-electron chi connectivity index (χ1n) is 10.9. The van der Waals surface area contributed by atoms with Crippen LogP contribution in [0.3, 0.4) is 0 Å². The number of aliphatic imine (C=N–C) groups is 1. The molecule has 1 aromatic carbocycles. The van der Waals surface area contributed by atoms with Gasteiger partial charge in [-0.05, 0) is 25.5 Å². The molecular weight excluding hydrogens is 396 g/mol.